The molecule has 1 aliphatic rings. The van der Waals surface area contributed by atoms with E-state index in [0.29, 0.717) is 37.4 Å². The first kappa shape index (κ1) is 26.9. The zero-order valence-electron chi connectivity index (χ0n) is 19.0. The molecule has 2 aromatic rings. The lowest BCUT2D eigenvalue weighted by molar-refractivity contribution is -0.143. The summed E-state index contributed by atoms with van der Waals surface area (Å²) in [7, 11) is 1.32. The van der Waals surface area contributed by atoms with Gasteiger partial charge in [0.15, 0.2) is 0 Å². The van der Waals surface area contributed by atoms with E-state index in [1.807, 2.05) is 0 Å². The summed E-state index contributed by atoms with van der Waals surface area (Å²) in [5.41, 5.74) is -2.55. The monoisotopic (exact) mass is 506 g/mol. The first-order valence-corrected chi connectivity index (χ1v) is 10.9. The fourth-order valence-corrected chi connectivity index (χ4v) is 4.01. The van der Waals surface area contributed by atoms with Crippen molar-refractivity contribution in [1.82, 2.24) is 10.2 Å². The second kappa shape index (κ2) is 10.5. The van der Waals surface area contributed by atoms with E-state index in [-0.39, 0.29) is 18.1 Å². The molecule has 1 heterocycles. The third-order valence-corrected chi connectivity index (χ3v) is 6.16. The van der Waals surface area contributed by atoms with Crippen LogP contribution in [-0.2, 0) is 21.9 Å². The molecule has 0 bridgehead atoms. The van der Waals surface area contributed by atoms with Crippen LogP contribution in [0.4, 0.5) is 30.7 Å². The average molecular weight is 506 g/mol. The Hall–Kier alpha value is -2.66. The lowest BCUT2D eigenvalue weighted by Gasteiger charge is -2.33. The van der Waals surface area contributed by atoms with Crippen molar-refractivity contribution in [1.29, 1.82) is 0 Å². The zero-order chi connectivity index (χ0) is 26.0. The number of morpholine rings is 1. The number of alkyl halides is 6. The van der Waals surface area contributed by atoms with Gasteiger partial charge < -0.3 is 15.0 Å². The minimum Gasteiger partial charge on any atom is -0.375 e. The van der Waals surface area contributed by atoms with Crippen LogP contribution >= 0.6 is 0 Å². The number of carbonyl (C=O) groups excluding carboxylic acids is 1. The molecular formula is C24H25F7N2O2. The lowest BCUT2D eigenvalue weighted by atomic mass is 9.88. The fourth-order valence-electron chi connectivity index (χ4n) is 4.01. The Morgan fingerprint density at radius 1 is 1.03 bits per heavy atom. The molecule has 192 valence electrons. The molecule has 11 heteroatoms. The molecular weight excluding hydrogens is 481 g/mol. The van der Waals surface area contributed by atoms with Crippen molar-refractivity contribution >= 4 is 5.91 Å². The average Bonchev–Trinajstić information content (AvgIpc) is 2.81. The predicted octanol–water partition coefficient (Wildman–Crippen LogP) is 5.55. The Kier molecular flexibility index (Phi) is 8.10. The largest absolute Gasteiger partial charge is 0.416 e. The van der Waals surface area contributed by atoms with Crippen LogP contribution in [0.5, 0.6) is 0 Å². The van der Waals surface area contributed by atoms with Gasteiger partial charge in [0, 0.05) is 32.5 Å². The van der Waals surface area contributed by atoms with Crippen LogP contribution in [0.15, 0.2) is 42.5 Å². The molecule has 0 radical (unpaired) electrons. The summed E-state index contributed by atoms with van der Waals surface area (Å²) in [5, 5.41) is 3.15. The Morgan fingerprint density at radius 3 is 2.09 bits per heavy atom. The number of benzene rings is 2. The Bertz CT molecular complexity index is 984. The third-order valence-electron chi connectivity index (χ3n) is 6.16. The lowest BCUT2D eigenvalue weighted by Crippen LogP contribution is -2.43. The van der Waals surface area contributed by atoms with Crippen LogP contribution < -0.4 is 5.32 Å². The van der Waals surface area contributed by atoms with Crippen LogP contribution in [0.2, 0.25) is 0 Å². The molecule has 0 aliphatic carbocycles. The topological polar surface area (TPSA) is 41.6 Å². The summed E-state index contributed by atoms with van der Waals surface area (Å²) < 4.78 is 98.8. The van der Waals surface area contributed by atoms with Gasteiger partial charge >= 0.3 is 12.4 Å². The number of hydrogen-bond donors (Lipinski definition) is 1. The third kappa shape index (κ3) is 6.72. The van der Waals surface area contributed by atoms with Crippen molar-refractivity contribution in [2.75, 3.05) is 26.7 Å². The summed E-state index contributed by atoms with van der Waals surface area (Å²) in [4.78, 5) is 14.3. The Balaban J connectivity index is 1.87. The number of ether oxygens (including phenoxy) is 1. The SMILES string of the molecule is CC(c1cc(C(F)(F)F)cc(C(F)(F)F)c1)N(C)C(=O)CC(c1ccc(F)cc1)C1CNCCO1. The van der Waals surface area contributed by atoms with E-state index < -0.39 is 53.3 Å². The quantitative estimate of drug-likeness (QED) is 0.523. The predicted molar refractivity (Wildman–Crippen MR) is 114 cm³/mol. The molecule has 1 N–H and O–H groups in total. The molecule has 1 amide bonds. The molecule has 0 saturated carbocycles. The highest BCUT2D eigenvalue weighted by molar-refractivity contribution is 5.77. The summed E-state index contributed by atoms with van der Waals surface area (Å²) in [6.45, 7) is 2.80. The highest BCUT2D eigenvalue weighted by Gasteiger charge is 2.38. The summed E-state index contributed by atoms with van der Waals surface area (Å²) in [6, 6.07) is 5.76. The normalized spacial score (nSPS) is 18.7. The van der Waals surface area contributed by atoms with E-state index in [0.717, 1.165) is 4.90 Å². The van der Waals surface area contributed by atoms with Crippen molar-refractivity contribution in [2.45, 2.75) is 43.8 Å². The van der Waals surface area contributed by atoms with Crippen molar-refractivity contribution in [3.05, 3.63) is 70.5 Å². The summed E-state index contributed by atoms with van der Waals surface area (Å²) in [6.07, 6.45) is -10.5. The first-order valence-electron chi connectivity index (χ1n) is 10.9. The maximum atomic E-state index is 13.4. The van der Waals surface area contributed by atoms with Crippen LogP contribution in [0, 0.1) is 5.82 Å². The van der Waals surface area contributed by atoms with Gasteiger partial charge in [-0.3, -0.25) is 4.79 Å². The molecule has 3 rings (SSSR count). The van der Waals surface area contributed by atoms with E-state index in [4.69, 9.17) is 4.74 Å². The van der Waals surface area contributed by atoms with Gasteiger partial charge in [-0.1, -0.05) is 12.1 Å². The van der Waals surface area contributed by atoms with Gasteiger partial charge in [0.1, 0.15) is 5.82 Å². The molecule has 0 aromatic heterocycles. The smallest absolute Gasteiger partial charge is 0.375 e. The Morgan fingerprint density at radius 2 is 1.60 bits per heavy atom. The molecule has 1 saturated heterocycles. The van der Waals surface area contributed by atoms with Crippen LogP contribution in [0.1, 0.15) is 47.6 Å². The van der Waals surface area contributed by atoms with Gasteiger partial charge in [-0.15, -0.1) is 0 Å². The van der Waals surface area contributed by atoms with E-state index >= 15 is 0 Å². The second-order valence-corrected chi connectivity index (χ2v) is 8.50. The van der Waals surface area contributed by atoms with Crippen LogP contribution in [0.25, 0.3) is 0 Å². The van der Waals surface area contributed by atoms with Gasteiger partial charge in [-0.05, 0) is 48.4 Å². The maximum Gasteiger partial charge on any atom is 0.416 e. The van der Waals surface area contributed by atoms with Crippen molar-refractivity contribution in [3.8, 4) is 0 Å². The molecule has 2 aromatic carbocycles. The standard InChI is InChI=1S/C24H25F7N2O2/c1-14(16-9-17(23(26,27)28)11-18(10-16)24(29,30)31)33(2)22(34)12-20(21-13-32-7-8-35-21)15-3-5-19(25)6-4-15/h3-6,9-11,14,20-21,32H,7-8,12-13H2,1-2H3. The number of rotatable bonds is 6. The van der Waals surface area contributed by atoms with Gasteiger partial charge in [0.2, 0.25) is 5.91 Å². The second-order valence-electron chi connectivity index (χ2n) is 8.50. The van der Waals surface area contributed by atoms with Gasteiger partial charge in [-0.25, -0.2) is 4.39 Å². The molecule has 35 heavy (non-hydrogen) atoms. The number of amides is 1. The number of halogens is 7. The number of nitrogens with one attached hydrogen (secondary N) is 1. The molecule has 1 aliphatic heterocycles. The fraction of sp³-hybridized carbons (Fsp3) is 0.458. The van der Waals surface area contributed by atoms with Crippen molar-refractivity contribution in [2.24, 2.45) is 0 Å². The van der Waals surface area contributed by atoms with Gasteiger partial charge in [0.05, 0.1) is 29.9 Å². The van der Waals surface area contributed by atoms with Crippen molar-refractivity contribution in [3.63, 3.8) is 0 Å². The maximum absolute atomic E-state index is 13.4. The van der Waals surface area contributed by atoms with E-state index in [2.05, 4.69) is 5.32 Å². The molecule has 3 unspecified atom stereocenters. The van der Waals surface area contributed by atoms with E-state index in [1.54, 1.807) is 0 Å². The molecule has 3 atom stereocenters. The van der Waals surface area contributed by atoms with E-state index in [9.17, 15) is 35.5 Å². The zero-order valence-corrected chi connectivity index (χ0v) is 19.0. The van der Waals surface area contributed by atoms with Crippen LogP contribution in [0.3, 0.4) is 0 Å². The van der Waals surface area contributed by atoms with E-state index in [1.165, 1.54) is 38.2 Å². The highest BCUT2D eigenvalue weighted by atomic mass is 19.4. The molecule has 0 spiro atoms. The minimum atomic E-state index is -4.99. The minimum absolute atomic E-state index is 0.0516. The highest BCUT2D eigenvalue weighted by Crippen LogP contribution is 2.38. The van der Waals surface area contributed by atoms with Gasteiger partial charge in [0.25, 0.3) is 0 Å². The summed E-state index contributed by atoms with van der Waals surface area (Å²) >= 11 is 0. The van der Waals surface area contributed by atoms with Gasteiger partial charge in [-0.2, -0.15) is 26.3 Å². The van der Waals surface area contributed by atoms with Crippen molar-refractivity contribution < 1.29 is 40.3 Å². The first-order chi connectivity index (χ1) is 16.3. The van der Waals surface area contributed by atoms with Crippen LogP contribution in [-0.4, -0.2) is 43.7 Å². The summed E-state index contributed by atoms with van der Waals surface area (Å²) in [5.74, 6) is -1.47. The molecule has 4 nitrogen and oxygen atoms in total. The molecule has 1 fully saturated rings. The number of carbonyl (C=O) groups is 1. The number of nitrogens with zero attached hydrogens (tertiary/aromatic N) is 1. The Labute approximate surface area is 198 Å². The number of hydrogen-bond acceptors (Lipinski definition) is 3.